The first-order chi connectivity index (χ1) is 8.45. The number of hydrogen-bond donors (Lipinski definition) is 1. The fraction of sp³-hybridized carbons (Fsp3) is 0.538. The van der Waals surface area contributed by atoms with Crippen molar-refractivity contribution in [1.82, 2.24) is 4.90 Å². The average molecular weight is 255 g/mol. The van der Waals surface area contributed by atoms with Crippen molar-refractivity contribution >= 4 is 11.4 Å². The van der Waals surface area contributed by atoms with Crippen LogP contribution in [0.4, 0.5) is 15.8 Å². The summed E-state index contributed by atoms with van der Waals surface area (Å²) in [5.74, 6) is -0.169. The number of likely N-dealkylation sites (N-methyl/N-ethyl adjacent to an activating group) is 2. The Bertz CT molecular complexity index is 396. The summed E-state index contributed by atoms with van der Waals surface area (Å²) in [6.45, 7) is 3.97. The fourth-order valence-corrected chi connectivity index (χ4v) is 1.63. The molecule has 2 N–H and O–H groups in total. The summed E-state index contributed by atoms with van der Waals surface area (Å²) in [5.41, 5.74) is 7.06. The summed E-state index contributed by atoms with van der Waals surface area (Å²) in [4.78, 5) is 4.08. The number of nitrogens with zero attached hydrogens (tertiary/aromatic N) is 2. The van der Waals surface area contributed by atoms with Crippen molar-refractivity contribution in [1.29, 1.82) is 0 Å². The first-order valence-electron chi connectivity index (χ1n) is 6.03. The summed E-state index contributed by atoms with van der Waals surface area (Å²) in [5, 5.41) is 0. The maximum absolute atomic E-state index is 13.6. The molecule has 0 unspecified atom stereocenters. The molecule has 0 aliphatic rings. The number of nitrogens with two attached hydrogens (primary N) is 1. The van der Waals surface area contributed by atoms with Crippen LogP contribution in [0.5, 0.6) is 5.75 Å². The molecule has 18 heavy (non-hydrogen) atoms. The minimum atomic E-state index is -0.417. The molecule has 4 nitrogen and oxygen atoms in total. The first-order valence-corrected chi connectivity index (χ1v) is 6.03. The molecule has 0 aliphatic heterocycles. The van der Waals surface area contributed by atoms with E-state index in [9.17, 15) is 4.39 Å². The Labute approximate surface area is 108 Å². The normalized spacial score (nSPS) is 10.8. The van der Waals surface area contributed by atoms with Gasteiger partial charge in [0.25, 0.3) is 0 Å². The van der Waals surface area contributed by atoms with Crippen LogP contribution in [0.15, 0.2) is 12.1 Å². The zero-order valence-corrected chi connectivity index (χ0v) is 11.5. The van der Waals surface area contributed by atoms with Gasteiger partial charge in [0.1, 0.15) is 0 Å². The van der Waals surface area contributed by atoms with Gasteiger partial charge in [-0.05, 0) is 21.0 Å². The Morgan fingerprint density at radius 3 is 2.44 bits per heavy atom. The van der Waals surface area contributed by atoms with E-state index in [1.807, 2.05) is 33.0 Å². The lowest BCUT2D eigenvalue weighted by Gasteiger charge is -2.23. The fourth-order valence-electron chi connectivity index (χ4n) is 1.63. The standard InChI is InChI=1S/C13H22FN3O/c1-5-18-13-9-12(11(15)8-10(13)14)17(4)7-6-16(2)3/h8-9H,5-7,15H2,1-4H3. The minimum absolute atomic E-state index is 0.249. The summed E-state index contributed by atoms with van der Waals surface area (Å²) in [6.07, 6.45) is 0. The van der Waals surface area contributed by atoms with Gasteiger partial charge in [-0.3, -0.25) is 0 Å². The van der Waals surface area contributed by atoms with Crippen molar-refractivity contribution in [3.8, 4) is 5.75 Å². The van der Waals surface area contributed by atoms with E-state index in [1.54, 1.807) is 6.07 Å². The number of anilines is 2. The third-order valence-electron chi connectivity index (χ3n) is 2.67. The summed E-state index contributed by atoms with van der Waals surface area (Å²) in [7, 11) is 5.95. The van der Waals surface area contributed by atoms with Crippen molar-refractivity contribution in [3.05, 3.63) is 17.9 Å². The van der Waals surface area contributed by atoms with Crippen LogP contribution in [0.1, 0.15) is 6.92 Å². The molecule has 0 heterocycles. The minimum Gasteiger partial charge on any atom is -0.491 e. The highest BCUT2D eigenvalue weighted by Gasteiger charge is 2.12. The second-order valence-electron chi connectivity index (χ2n) is 4.50. The van der Waals surface area contributed by atoms with Gasteiger partial charge < -0.3 is 20.3 Å². The largest absolute Gasteiger partial charge is 0.491 e. The van der Waals surface area contributed by atoms with Gasteiger partial charge in [-0.25, -0.2) is 4.39 Å². The van der Waals surface area contributed by atoms with Gasteiger partial charge in [-0.15, -0.1) is 0 Å². The molecule has 0 atom stereocenters. The highest BCUT2D eigenvalue weighted by molar-refractivity contribution is 5.69. The lowest BCUT2D eigenvalue weighted by molar-refractivity contribution is 0.321. The summed E-state index contributed by atoms with van der Waals surface area (Å²) < 4.78 is 18.8. The Balaban J connectivity index is 2.89. The van der Waals surface area contributed by atoms with Crippen LogP contribution in [0, 0.1) is 5.82 Å². The van der Waals surface area contributed by atoms with Crippen molar-refractivity contribution < 1.29 is 9.13 Å². The zero-order chi connectivity index (χ0) is 13.7. The van der Waals surface area contributed by atoms with Gasteiger partial charge in [0, 0.05) is 32.3 Å². The first kappa shape index (κ1) is 14.6. The van der Waals surface area contributed by atoms with E-state index in [-0.39, 0.29) is 5.75 Å². The summed E-state index contributed by atoms with van der Waals surface area (Å²) in [6, 6.07) is 2.97. The molecule has 0 amide bonds. The molecular formula is C13H22FN3O. The van der Waals surface area contributed by atoms with E-state index >= 15 is 0 Å². The van der Waals surface area contributed by atoms with Crippen molar-refractivity contribution in [2.45, 2.75) is 6.92 Å². The van der Waals surface area contributed by atoms with Crippen LogP contribution < -0.4 is 15.4 Å². The van der Waals surface area contributed by atoms with E-state index in [0.29, 0.717) is 12.3 Å². The maximum Gasteiger partial charge on any atom is 0.167 e. The van der Waals surface area contributed by atoms with Crippen LogP contribution in [-0.4, -0.2) is 45.7 Å². The molecular weight excluding hydrogens is 233 g/mol. The van der Waals surface area contributed by atoms with Crippen molar-refractivity contribution in [3.63, 3.8) is 0 Å². The van der Waals surface area contributed by atoms with E-state index in [4.69, 9.17) is 10.5 Å². The molecule has 0 bridgehead atoms. The summed E-state index contributed by atoms with van der Waals surface area (Å²) >= 11 is 0. The molecule has 0 spiro atoms. The van der Waals surface area contributed by atoms with Crippen LogP contribution in [0.25, 0.3) is 0 Å². The van der Waals surface area contributed by atoms with Crippen molar-refractivity contribution in [2.24, 2.45) is 0 Å². The van der Waals surface area contributed by atoms with Gasteiger partial charge in [-0.1, -0.05) is 0 Å². The number of rotatable bonds is 6. The Morgan fingerprint density at radius 2 is 1.89 bits per heavy atom. The smallest absolute Gasteiger partial charge is 0.167 e. The number of hydrogen-bond acceptors (Lipinski definition) is 4. The molecule has 5 heteroatoms. The van der Waals surface area contributed by atoms with Crippen LogP contribution in [0.2, 0.25) is 0 Å². The van der Waals surface area contributed by atoms with E-state index in [2.05, 4.69) is 4.90 Å². The number of nitrogen functional groups attached to an aromatic ring is 1. The molecule has 1 aromatic rings. The van der Waals surface area contributed by atoms with Crippen molar-refractivity contribution in [2.75, 3.05) is 51.5 Å². The van der Waals surface area contributed by atoms with Gasteiger partial charge in [-0.2, -0.15) is 0 Å². The second-order valence-corrected chi connectivity index (χ2v) is 4.50. The van der Waals surface area contributed by atoms with E-state index < -0.39 is 5.82 Å². The highest BCUT2D eigenvalue weighted by atomic mass is 19.1. The predicted molar refractivity (Wildman–Crippen MR) is 73.8 cm³/mol. The SMILES string of the molecule is CCOc1cc(N(C)CCN(C)C)c(N)cc1F. The average Bonchev–Trinajstić information content (AvgIpc) is 2.29. The Morgan fingerprint density at radius 1 is 1.22 bits per heavy atom. The third-order valence-corrected chi connectivity index (χ3v) is 2.67. The van der Waals surface area contributed by atoms with E-state index in [1.165, 1.54) is 6.07 Å². The molecule has 0 aromatic heterocycles. The number of halogens is 1. The molecule has 1 rings (SSSR count). The molecule has 0 saturated carbocycles. The topological polar surface area (TPSA) is 41.7 Å². The van der Waals surface area contributed by atoms with Crippen LogP contribution in [-0.2, 0) is 0 Å². The van der Waals surface area contributed by atoms with Gasteiger partial charge in [0.05, 0.1) is 18.0 Å². The lowest BCUT2D eigenvalue weighted by Crippen LogP contribution is -2.29. The molecule has 102 valence electrons. The lowest BCUT2D eigenvalue weighted by atomic mass is 10.2. The maximum atomic E-state index is 13.6. The second kappa shape index (κ2) is 6.44. The van der Waals surface area contributed by atoms with Gasteiger partial charge >= 0.3 is 0 Å². The van der Waals surface area contributed by atoms with E-state index in [0.717, 1.165) is 18.8 Å². The quantitative estimate of drug-likeness (QED) is 0.787. The third kappa shape index (κ3) is 3.77. The van der Waals surface area contributed by atoms with Gasteiger partial charge in [0.2, 0.25) is 0 Å². The zero-order valence-electron chi connectivity index (χ0n) is 11.5. The number of ether oxygens (including phenoxy) is 1. The molecule has 0 aliphatic carbocycles. The molecule has 0 saturated heterocycles. The Hall–Kier alpha value is -1.49. The molecule has 0 radical (unpaired) electrons. The Kier molecular flexibility index (Phi) is 5.22. The number of benzene rings is 1. The van der Waals surface area contributed by atoms with Crippen LogP contribution >= 0.6 is 0 Å². The molecule has 1 aromatic carbocycles. The van der Waals surface area contributed by atoms with Crippen LogP contribution in [0.3, 0.4) is 0 Å². The van der Waals surface area contributed by atoms with Gasteiger partial charge in [0.15, 0.2) is 11.6 Å². The highest BCUT2D eigenvalue weighted by Crippen LogP contribution is 2.30. The molecule has 0 fully saturated rings. The monoisotopic (exact) mass is 255 g/mol. The predicted octanol–water partition coefficient (Wildman–Crippen LogP) is 1.80.